The highest BCUT2D eigenvalue weighted by molar-refractivity contribution is 5.97. The van der Waals surface area contributed by atoms with Crippen molar-refractivity contribution in [3.05, 3.63) is 70.9 Å². The molecular formula is C22H25NO. The number of ketones is 1. The molecule has 0 unspecified atom stereocenters. The number of aryl methyl sites for hydroxylation is 1. The number of hydrogen-bond donors (Lipinski definition) is 1. The summed E-state index contributed by atoms with van der Waals surface area (Å²) in [6.45, 7) is 8.56. The molecule has 0 saturated carbocycles. The van der Waals surface area contributed by atoms with Gasteiger partial charge in [-0.2, -0.15) is 0 Å². The van der Waals surface area contributed by atoms with E-state index < -0.39 is 0 Å². The highest BCUT2D eigenvalue weighted by Crippen LogP contribution is 2.31. The third kappa shape index (κ3) is 3.14. The highest BCUT2D eigenvalue weighted by Gasteiger charge is 2.18. The number of aromatic amines is 1. The van der Waals surface area contributed by atoms with E-state index in [9.17, 15) is 4.79 Å². The van der Waals surface area contributed by atoms with Crippen LogP contribution in [0.1, 0.15) is 66.2 Å². The fourth-order valence-corrected chi connectivity index (χ4v) is 3.49. The lowest BCUT2D eigenvalue weighted by Gasteiger charge is -2.12. The van der Waals surface area contributed by atoms with Gasteiger partial charge in [-0.25, -0.2) is 0 Å². The molecule has 1 heterocycles. The number of rotatable bonds is 5. The molecule has 1 aromatic heterocycles. The molecule has 2 nitrogen and oxygen atoms in total. The van der Waals surface area contributed by atoms with Crippen LogP contribution in [0.25, 0.3) is 10.9 Å². The lowest BCUT2D eigenvalue weighted by Crippen LogP contribution is -2.06. The van der Waals surface area contributed by atoms with Crippen molar-refractivity contribution < 1.29 is 4.79 Å². The third-order valence-electron chi connectivity index (χ3n) is 4.83. The van der Waals surface area contributed by atoms with Crippen LogP contribution in [0.5, 0.6) is 0 Å². The lowest BCUT2D eigenvalue weighted by atomic mass is 9.90. The van der Waals surface area contributed by atoms with Gasteiger partial charge < -0.3 is 4.98 Å². The zero-order valence-corrected chi connectivity index (χ0v) is 14.9. The number of carbonyl (C=O) groups excluding carboxylic acids is 1. The number of fused-ring (bicyclic) bond motifs is 1. The molecule has 2 aromatic carbocycles. The summed E-state index contributed by atoms with van der Waals surface area (Å²) in [5.74, 6) is 0.892. The molecule has 124 valence electrons. The minimum absolute atomic E-state index is 0.193. The van der Waals surface area contributed by atoms with Gasteiger partial charge in [0.05, 0.1) is 0 Å². The van der Waals surface area contributed by atoms with Crippen LogP contribution in [-0.2, 0) is 0 Å². The van der Waals surface area contributed by atoms with E-state index in [0.717, 1.165) is 16.8 Å². The summed E-state index contributed by atoms with van der Waals surface area (Å²) < 4.78 is 0. The lowest BCUT2D eigenvalue weighted by molar-refractivity contribution is 0.0976. The Morgan fingerprint density at radius 1 is 1.00 bits per heavy atom. The van der Waals surface area contributed by atoms with Crippen LogP contribution in [0.2, 0.25) is 0 Å². The van der Waals surface area contributed by atoms with Crippen molar-refractivity contribution in [1.29, 1.82) is 0 Å². The van der Waals surface area contributed by atoms with Crippen LogP contribution in [0.3, 0.4) is 0 Å². The molecule has 0 amide bonds. The second-order valence-electron chi connectivity index (χ2n) is 7.01. The van der Waals surface area contributed by atoms with Crippen molar-refractivity contribution in [3.8, 4) is 0 Å². The van der Waals surface area contributed by atoms with Crippen LogP contribution < -0.4 is 0 Å². The maximum atomic E-state index is 12.7. The minimum Gasteiger partial charge on any atom is -0.358 e. The second kappa shape index (κ2) is 6.64. The molecule has 0 aliphatic heterocycles. The smallest absolute Gasteiger partial charge is 0.163 e. The summed E-state index contributed by atoms with van der Waals surface area (Å²) >= 11 is 0. The van der Waals surface area contributed by atoms with Crippen LogP contribution in [0.4, 0.5) is 0 Å². The Labute approximate surface area is 143 Å². The molecule has 3 rings (SSSR count). The molecule has 0 bridgehead atoms. The largest absolute Gasteiger partial charge is 0.358 e. The van der Waals surface area contributed by atoms with E-state index >= 15 is 0 Å². The molecule has 0 fully saturated rings. The first-order valence-corrected chi connectivity index (χ1v) is 8.67. The van der Waals surface area contributed by atoms with E-state index in [1.807, 2.05) is 18.2 Å². The number of Topliss-reactive ketones (excluding diaryl/α,β-unsaturated/α-hetero) is 1. The zero-order valence-electron chi connectivity index (χ0n) is 14.9. The number of hydrogen-bond acceptors (Lipinski definition) is 1. The predicted octanol–water partition coefficient (Wildman–Crippen LogP) is 5.98. The summed E-state index contributed by atoms with van der Waals surface area (Å²) in [4.78, 5) is 16.1. The Morgan fingerprint density at radius 2 is 1.67 bits per heavy atom. The third-order valence-corrected chi connectivity index (χ3v) is 4.83. The Morgan fingerprint density at radius 3 is 2.33 bits per heavy atom. The predicted molar refractivity (Wildman–Crippen MR) is 101 cm³/mol. The van der Waals surface area contributed by atoms with Crippen molar-refractivity contribution in [3.63, 3.8) is 0 Å². The van der Waals surface area contributed by atoms with Gasteiger partial charge in [0.1, 0.15) is 0 Å². The summed E-state index contributed by atoms with van der Waals surface area (Å²) in [5.41, 5.74) is 5.64. The van der Waals surface area contributed by atoms with Gasteiger partial charge in [-0.3, -0.25) is 4.79 Å². The van der Waals surface area contributed by atoms with Gasteiger partial charge in [-0.15, -0.1) is 0 Å². The first-order chi connectivity index (χ1) is 11.5. The normalized spacial score (nSPS) is 12.7. The molecule has 0 aliphatic carbocycles. The average molecular weight is 319 g/mol. The fraction of sp³-hybridized carbons (Fsp3) is 0.318. The van der Waals surface area contributed by atoms with E-state index in [-0.39, 0.29) is 11.7 Å². The molecule has 24 heavy (non-hydrogen) atoms. The van der Waals surface area contributed by atoms with E-state index in [1.54, 1.807) is 0 Å². The summed E-state index contributed by atoms with van der Waals surface area (Å²) in [7, 11) is 0. The summed E-state index contributed by atoms with van der Waals surface area (Å²) in [5, 5.41) is 1.23. The topological polar surface area (TPSA) is 32.9 Å². The van der Waals surface area contributed by atoms with E-state index in [4.69, 9.17) is 0 Å². The fourth-order valence-electron chi connectivity index (χ4n) is 3.49. The standard InChI is InChI=1S/C22H25NO/c1-14(2)17-9-11-18(12-10-17)21(24)13-15(3)22-16(4)23-20-8-6-5-7-19(20)22/h5-12,14-15,23H,13H2,1-4H3/t15-/m1/s1. The Kier molecular flexibility index (Phi) is 4.57. The maximum absolute atomic E-state index is 12.7. The molecule has 1 atom stereocenters. The highest BCUT2D eigenvalue weighted by atomic mass is 16.1. The van der Waals surface area contributed by atoms with Crippen molar-refractivity contribution in [2.45, 2.75) is 46.0 Å². The molecule has 2 heteroatoms. The first-order valence-electron chi connectivity index (χ1n) is 8.67. The Balaban J connectivity index is 1.82. The van der Waals surface area contributed by atoms with Crippen LogP contribution >= 0.6 is 0 Å². The van der Waals surface area contributed by atoms with Gasteiger partial charge in [-0.05, 0) is 36.0 Å². The maximum Gasteiger partial charge on any atom is 0.163 e. The number of para-hydroxylation sites is 1. The van der Waals surface area contributed by atoms with Crippen molar-refractivity contribution in [2.24, 2.45) is 0 Å². The first kappa shape index (κ1) is 16.5. The SMILES string of the molecule is Cc1[nH]c2ccccc2c1[C@H](C)CC(=O)c1ccc(C(C)C)cc1. The molecule has 0 aliphatic rings. The minimum atomic E-state index is 0.193. The van der Waals surface area contributed by atoms with Crippen LogP contribution in [0, 0.1) is 6.92 Å². The Hall–Kier alpha value is -2.35. The monoisotopic (exact) mass is 319 g/mol. The van der Waals surface area contributed by atoms with Crippen molar-refractivity contribution >= 4 is 16.7 Å². The van der Waals surface area contributed by atoms with E-state index in [1.165, 1.54) is 16.5 Å². The summed E-state index contributed by atoms with van der Waals surface area (Å²) in [6, 6.07) is 16.4. The molecule has 0 spiro atoms. The molecule has 0 radical (unpaired) electrons. The van der Waals surface area contributed by atoms with Crippen molar-refractivity contribution in [1.82, 2.24) is 4.98 Å². The Bertz CT molecular complexity index is 855. The van der Waals surface area contributed by atoms with Crippen molar-refractivity contribution in [2.75, 3.05) is 0 Å². The van der Waals surface area contributed by atoms with Gasteiger partial charge in [0.25, 0.3) is 0 Å². The van der Waals surface area contributed by atoms with Gasteiger partial charge >= 0.3 is 0 Å². The molecular weight excluding hydrogens is 294 g/mol. The average Bonchev–Trinajstić information content (AvgIpc) is 2.90. The number of benzene rings is 2. The van der Waals surface area contributed by atoms with Gasteiger partial charge in [-0.1, -0.05) is 63.2 Å². The van der Waals surface area contributed by atoms with E-state index in [2.05, 4.69) is 63.0 Å². The number of carbonyl (C=O) groups is 1. The summed E-state index contributed by atoms with van der Waals surface area (Å²) in [6.07, 6.45) is 0.531. The van der Waals surface area contributed by atoms with Crippen LogP contribution in [-0.4, -0.2) is 10.8 Å². The van der Waals surface area contributed by atoms with Gasteiger partial charge in [0.15, 0.2) is 5.78 Å². The number of H-pyrrole nitrogens is 1. The second-order valence-corrected chi connectivity index (χ2v) is 7.01. The molecule has 0 saturated heterocycles. The van der Waals surface area contributed by atoms with Crippen LogP contribution in [0.15, 0.2) is 48.5 Å². The van der Waals surface area contributed by atoms with Gasteiger partial charge in [0, 0.05) is 28.6 Å². The molecule has 1 N–H and O–H groups in total. The quantitative estimate of drug-likeness (QED) is 0.577. The number of nitrogens with one attached hydrogen (secondary N) is 1. The molecule has 3 aromatic rings. The zero-order chi connectivity index (χ0) is 17.3. The number of aromatic nitrogens is 1. The van der Waals surface area contributed by atoms with Gasteiger partial charge in [0.2, 0.25) is 0 Å². The van der Waals surface area contributed by atoms with E-state index in [0.29, 0.717) is 12.3 Å².